The number of fused-ring (bicyclic) bond motifs is 2. The fourth-order valence-electron chi connectivity index (χ4n) is 1.66. The topological polar surface area (TPSA) is 29.3 Å². The Morgan fingerprint density at radius 2 is 1.90 bits per heavy atom. The molecule has 0 atom stereocenters. The van der Waals surface area contributed by atoms with Crippen molar-refractivity contribution in [3.05, 3.63) is 23.5 Å². The van der Waals surface area contributed by atoms with Crippen LogP contribution in [0.15, 0.2) is 23.5 Å². The largest absolute Gasteiger partial charge is 0.352 e. The molecule has 0 aliphatic carbocycles. The molecule has 0 spiro atoms. The van der Waals surface area contributed by atoms with E-state index >= 15 is 0 Å². The monoisotopic (exact) mass is 136 g/mol. The summed E-state index contributed by atoms with van der Waals surface area (Å²) in [7, 11) is 2.11. The van der Waals surface area contributed by atoms with Crippen LogP contribution in [0.25, 0.3) is 0 Å². The zero-order chi connectivity index (χ0) is 7.14. The van der Waals surface area contributed by atoms with Crippen LogP contribution >= 0.6 is 0 Å². The number of nitrogens with zero attached hydrogens (tertiary/aromatic N) is 1. The fraction of sp³-hybridized carbons (Fsp3) is 0.500. The second-order valence-electron chi connectivity index (χ2n) is 2.95. The number of rotatable bonds is 0. The van der Waals surface area contributed by atoms with Gasteiger partial charge in [0.1, 0.15) is 0 Å². The number of hydrogen-bond acceptors (Lipinski definition) is 2. The Kier molecular flexibility index (Phi) is 1.11. The molecule has 54 valence electrons. The average molecular weight is 136 g/mol. The Labute approximate surface area is 61.0 Å². The van der Waals surface area contributed by atoms with Crippen LogP contribution < -0.4 is 5.73 Å². The van der Waals surface area contributed by atoms with E-state index in [9.17, 15) is 0 Å². The highest BCUT2D eigenvalue weighted by molar-refractivity contribution is 5.30. The van der Waals surface area contributed by atoms with Gasteiger partial charge in [0.05, 0.1) is 0 Å². The first kappa shape index (κ1) is 5.98. The average Bonchev–Trinajstić information content (AvgIpc) is 2.20. The van der Waals surface area contributed by atoms with E-state index in [1.165, 1.54) is 24.2 Å². The van der Waals surface area contributed by atoms with Gasteiger partial charge in [-0.25, -0.2) is 0 Å². The molecule has 10 heavy (non-hydrogen) atoms. The van der Waals surface area contributed by atoms with Gasteiger partial charge in [-0.05, 0) is 25.0 Å². The zero-order valence-electron chi connectivity index (χ0n) is 6.17. The highest BCUT2D eigenvalue weighted by Gasteiger charge is 2.22. The quantitative estimate of drug-likeness (QED) is 0.534. The van der Waals surface area contributed by atoms with Gasteiger partial charge in [0, 0.05) is 24.5 Å². The van der Waals surface area contributed by atoms with Crippen molar-refractivity contribution in [3.63, 3.8) is 0 Å². The van der Waals surface area contributed by atoms with Gasteiger partial charge < -0.3 is 10.6 Å². The van der Waals surface area contributed by atoms with Gasteiger partial charge in [-0.3, -0.25) is 0 Å². The van der Waals surface area contributed by atoms with Crippen LogP contribution in [0, 0.1) is 0 Å². The van der Waals surface area contributed by atoms with Crippen molar-refractivity contribution in [1.29, 1.82) is 0 Å². The molecule has 2 bridgehead atoms. The van der Waals surface area contributed by atoms with E-state index in [1.54, 1.807) is 0 Å². The number of hydrogen-bond donors (Lipinski definition) is 1. The standard InChI is InChI=1S/C8H12N2/c1-10-7-2-3-8(10)5-6(9)4-7/h4-6H,2-3,9H2,1H3. The molecule has 0 saturated carbocycles. The molecule has 0 aromatic carbocycles. The third kappa shape index (κ3) is 0.688. The minimum atomic E-state index is 0.170. The van der Waals surface area contributed by atoms with Gasteiger partial charge in [0.15, 0.2) is 0 Å². The molecule has 1 fully saturated rings. The molecule has 2 heterocycles. The lowest BCUT2D eigenvalue weighted by molar-refractivity contribution is 0.538. The first-order valence-corrected chi connectivity index (χ1v) is 3.68. The first-order valence-electron chi connectivity index (χ1n) is 3.68. The third-order valence-corrected chi connectivity index (χ3v) is 2.27. The fourth-order valence-corrected chi connectivity index (χ4v) is 1.66. The van der Waals surface area contributed by atoms with E-state index in [0.717, 1.165) is 0 Å². The van der Waals surface area contributed by atoms with Gasteiger partial charge in [-0.1, -0.05) is 0 Å². The molecule has 0 aromatic rings. The maximum atomic E-state index is 5.74. The van der Waals surface area contributed by atoms with Crippen LogP contribution in [-0.2, 0) is 0 Å². The van der Waals surface area contributed by atoms with Crippen LogP contribution in [-0.4, -0.2) is 18.0 Å². The van der Waals surface area contributed by atoms with Crippen molar-refractivity contribution in [2.75, 3.05) is 7.05 Å². The predicted molar refractivity (Wildman–Crippen MR) is 41.1 cm³/mol. The van der Waals surface area contributed by atoms with E-state index in [0.29, 0.717) is 0 Å². The van der Waals surface area contributed by atoms with Crippen LogP contribution in [0.3, 0.4) is 0 Å². The maximum absolute atomic E-state index is 5.74. The van der Waals surface area contributed by atoms with Gasteiger partial charge >= 0.3 is 0 Å². The molecule has 2 aliphatic rings. The Hall–Kier alpha value is -0.760. The predicted octanol–water partition coefficient (Wildman–Crippen LogP) is 0.821. The summed E-state index contributed by atoms with van der Waals surface area (Å²) >= 11 is 0. The van der Waals surface area contributed by atoms with Crippen LogP contribution in [0.4, 0.5) is 0 Å². The third-order valence-electron chi connectivity index (χ3n) is 2.27. The van der Waals surface area contributed by atoms with E-state index in [-0.39, 0.29) is 6.04 Å². The van der Waals surface area contributed by atoms with Gasteiger partial charge in [0.2, 0.25) is 0 Å². The minimum absolute atomic E-state index is 0.170. The van der Waals surface area contributed by atoms with E-state index in [4.69, 9.17) is 5.73 Å². The van der Waals surface area contributed by atoms with E-state index < -0.39 is 0 Å². The molecule has 2 N–H and O–H groups in total. The molecule has 2 aliphatic heterocycles. The van der Waals surface area contributed by atoms with Crippen molar-refractivity contribution in [1.82, 2.24) is 4.90 Å². The summed E-state index contributed by atoms with van der Waals surface area (Å²) in [5.74, 6) is 0. The van der Waals surface area contributed by atoms with Gasteiger partial charge in [-0.2, -0.15) is 0 Å². The Morgan fingerprint density at radius 1 is 1.40 bits per heavy atom. The SMILES string of the molecule is CN1C2=CC(N)C=C1CC2. The zero-order valence-corrected chi connectivity index (χ0v) is 6.17. The van der Waals surface area contributed by atoms with Crippen LogP contribution in [0.5, 0.6) is 0 Å². The summed E-state index contributed by atoms with van der Waals surface area (Å²) in [4.78, 5) is 2.24. The summed E-state index contributed by atoms with van der Waals surface area (Å²) in [5, 5.41) is 0. The van der Waals surface area contributed by atoms with Gasteiger partial charge in [0.25, 0.3) is 0 Å². The smallest absolute Gasteiger partial charge is 0.0450 e. The van der Waals surface area contributed by atoms with Crippen LogP contribution in [0.2, 0.25) is 0 Å². The summed E-state index contributed by atoms with van der Waals surface area (Å²) in [5.41, 5.74) is 8.53. The summed E-state index contributed by atoms with van der Waals surface area (Å²) < 4.78 is 0. The van der Waals surface area contributed by atoms with Crippen molar-refractivity contribution in [3.8, 4) is 0 Å². The lowest BCUT2D eigenvalue weighted by atomic mass is 10.2. The summed E-state index contributed by atoms with van der Waals surface area (Å²) in [6, 6.07) is 0.170. The van der Waals surface area contributed by atoms with Crippen molar-refractivity contribution < 1.29 is 0 Å². The van der Waals surface area contributed by atoms with E-state index in [1.807, 2.05) is 0 Å². The molecule has 2 rings (SSSR count). The highest BCUT2D eigenvalue weighted by Crippen LogP contribution is 2.31. The van der Waals surface area contributed by atoms with Crippen molar-refractivity contribution in [2.24, 2.45) is 5.73 Å². The minimum Gasteiger partial charge on any atom is -0.352 e. The summed E-state index contributed by atoms with van der Waals surface area (Å²) in [6.45, 7) is 0. The normalized spacial score (nSPS) is 24.8. The molecule has 2 heteroatoms. The molecule has 0 radical (unpaired) electrons. The number of allylic oxidation sites excluding steroid dienone is 2. The Balaban J connectivity index is 2.38. The molecule has 0 unspecified atom stereocenters. The second kappa shape index (κ2) is 1.86. The first-order chi connectivity index (χ1) is 4.77. The van der Waals surface area contributed by atoms with Crippen LogP contribution in [0.1, 0.15) is 12.8 Å². The maximum Gasteiger partial charge on any atom is 0.0450 e. The number of nitrogens with two attached hydrogens (primary N) is 1. The molecule has 0 amide bonds. The van der Waals surface area contributed by atoms with Crippen molar-refractivity contribution >= 4 is 0 Å². The van der Waals surface area contributed by atoms with E-state index in [2.05, 4.69) is 24.1 Å². The van der Waals surface area contributed by atoms with Gasteiger partial charge in [-0.15, -0.1) is 0 Å². The Bertz CT molecular complexity index is 193. The molecule has 1 saturated heterocycles. The Morgan fingerprint density at radius 3 is 2.40 bits per heavy atom. The summed E-state index contributed by atoms with van der Waals surface area (Å²) in [6.07, 6.45) is 6.62. The molecular formula is C8H12N2. The lowest BCUT2D eigenvalue weighted by Gasteiger charge is -2.21. The molecule has 2 nitrogen and oxygen atoms in total. The second-order valence-corrected chi connectivity index (χ2v) is 2.95. The molecular weight excluding hydrogens is 124 g/mol. The highest BCUT2D eigenvalue weighted by atomic mass is 15.1. The lowest BCUT2D eigenvalue weighted by Crippen LogP contribution is -2.23. The molecule has 0 aromatic heterocycles. The van der Waals surface area contributed by atoms with Crippen molar-refractivity contribution in [2.45, 2.75) is 18.9 Å².